The van der Waals surface area contributed by atoms with Crippen molar-refractivity contribution in [3.05, 3.63) is 77.1 Å². The highest BCUT2D eigenvalue weighted by Gasteiger charge is 2.35. The van der Waals surface area contributed by atoms with E-state index in [0.717, 1.165) is 6.07 Å². The minimum Gasteiger partial charge on any atom is -0.322 e. The van der Waals surface area contributed by atoms with Crippen molar-refractivity contribution in [2.75, 3.05) is 5.32 Å². The lowest BCUT2D eigenvalue weighted by Gasteiger charge is -2.15. The molecule has 0 saturated carbocycles. The second-order valence-electron chi connectivity index (χ2n) is 6.96. The van der Waals surface area contributed by atoms with Crippen molar-refractivity contribution in [2.45, 2.75) is 6.18 Å². The van der Waals surface area contributed by atoms with Crippen molar-refractivity contribution in [3.8, 4) is 11.4 Å². The van der Waals surface area contributed by atoms with Gasteiger partial charge >= 0.3 is 6.18 Å². The number of anilines is 2. The molecule has 0 unspecified atom stereocenters. The summed E-state index contributed by atoms with van der Waals surface area (Å²) >= 11 is 6.15. The van der Waals surface area contributed by atoms with Gasteiger partial charge in [-0.1, -0.05) is 29.8 Å². The maximum Gasteiger partial charge on any atom is 0.417 e. The SMILES string of the molecule is Fc1ccc2[nH]nc(Nc3nc(-c4c(Cl)cccc4C(F)(F)F)nc4ccccc34)c2c1. The molecule has 0 bridgehead atoms. The van der Waals surface area contributed by atoms with Gasteiger partial charge in [0.15, 0.2) is 11.6 Å². The fourth-order valence-electron chi connectivity index (χ4n) is 3.46. The Hall–Kier alpha value is -3.72. The number of aromatic amines is 1. The largest absolute Gasteiger partial charge is 0.417 e. The number of para-hydroxylation sites is 1. The summed E-state index contributed by atoms with van der Waals surface area (Å²) in [7, 11) is 0. The Bertz CT molecular complexity index is 1480. The lowest BCUT2D eigenvalue weighted by atomic mass is 10.1. The van der Waals surface area contributed by atoms with Gasteiger partial charge in [-0.25, -0.2) is 14.4 Å². The minimum absolute atomic E-state index is 0.131. The van der Waals surface area contributed by atoms with Crippen molar-refractivity contribution in [2.24, 2.45) is 0 Å². The van der Waals surface area contributed by atoms with Crippen LogP contribution in [0.2, 0.25) is 5.02 Å². The smallest absolute Gasteiger partial charge is 0.322 e. The fraction of sp³-hybridized carbons (Fsp3) is 0.0455. The van der Waals surface area contributed by atoms with Crippen molar-refractivity contribution in [1.82, 2.24) is 20.2 Å². The molecule has 0 amide bonds. The van der Waals surface area contributed by atoms with Crippen LogP contribution in [0.1, 0.15) is 5.56 Å². The number of halogens is 5. The number of H-pyrrole nitrogens is 1. The van der Waals surface area contributed by atoms with Crippen LogP contribution in [-0.4, -0.2) is 20.2 Å². The Kier molecular flexibility index (Phi) is 4.70. The van der Waals surface area contributed by atoms with Crippen LogP contribution >= 0.6 is 11.6 Å². The number of hydrogen-bond donors (Lipinski definition) is 2. The van der Waals surface area contributed by atoms with Gasteiger partial charge in [0.1, 0.15) is 11.6 Å². The minimum atomic E-state index is -4.65. The van der Waals surface area contributed by atoms with E-state index < -0.39 is 17.6 Å². The summed E-state index contributed by atoms with van der Waals surface area (Å²) in [6, 6.07) is 14.4. The highest BCUT2D eigenvalue weighted by atomic mass is 35.5. The summed E-state index contributed by atoms with van der Waals surface area (Å²) in [6.45, 7) is 0. The summed E-state index contributed by atoms with van der Waals surface area (Å²) in [5, 5.41) is 10.8. The molecule has 10 heteroatoms. The van der Waals surface area contributed by atoms with Gasteiger partial charge in [0.2, 0.25) is 0 Å². The van der Waals surface area contributed by atoms with Gasteiger partial charge < -0.3 is 5.32 Å². The van der Waals surface area contributed by atoms with Crippen LogP contribution in [0.15, 0.2) is 60.7 Å². The lowest BCUT2D eigenvalue weighted by Crippen LogP contribution is -2.09. The Morgan fingerprint density at radius 2 is 1.69 bits per heavy atom. The fourth-order valence-corrected chi connectivity index (χ4v) is 3.72. The average Bonchev–Trinajstić information content (AvgIpc) is 3.14. The molecule has 2 aromatic heterocycles. The van der Waals surface area contributed by atoms with Crippen molar-refractivity contribution < 1.29 is 17.6 Å². The van der Waals surface area contributed by atoms with Crippen LogP contribution in [-0.2, 0) is 6.18 Å². The lowest BCUT2D eigenvalue weighted by molar-refractivity contribution is -0.137. The van der Waals surface area contributed by atoms with E-state index in [-0.39, 0.29) is 28.0 Å². The van der Waals surface area contributed by atoms with Gasteiger partial charge in [0.05, 0.1) is 27.2 Å². The molecule has 0 aliphatic carbocycles. The van der Waals surface area contributed by atoms with E-state index in [2.05, 4.69) is 25.5 Å². The van der Waals surface area contributed by atoms with Crippen molar-refractivity contribution in [1.29, 1.82) is 0 Å². The number of nitrogens with zero attached hydrogens (tertiary/aromatic N) is 3. The zero-order chi connectivity index (χ0) is 22.5. The van der Waals surface area contributed by atoms with Gasteiger partial charge in [-0.2, -0.15) is 18.3 Å². The first-order valence-electron chi connectivity index (χ1n) is 9.35. The summed E-state index contributed by atoms with van der Waals surface area (Å²) in [4.78, 5) is 8.68. The van der Waals surface area contributed by atoms with Gasteiger partial charge in [-0.05, 0) is 42.5 Å². The van der Waals surface area contributed by atoms with E-state index >= 15 is 0 Å². The number of fused-ring (bicyclic) bond motifs is 2. The molecule has 2 heterocycles. The zero-order valence-corrected chi connectivity index (χ0v) is 16.8. The normalized spacial score (nSPS) is 11.9. The monoisotopic (exact) mass is 457 g/mol. The number of aromatic nitrogens is 4. The van der Waals surface area contributed by atoms with Gasteiger partial charge in [-0.3, -0.25) is 5.10 Å². The molecule has 0 fully saturated rings. The van der Waals surface area contributed by atoms with Crippen LogP contribution in [0.3, 0.4) is 0 Å². The Morgan fingerprint density at radius 3 is 2.50 bits per heavy atom. The highest BCUT2D eigenvalue weighted by Crippen LogP contribution is 2.41. The first kappa shape index (κ1) is 20.2. The molecule has 0 spiro atoms. The summed E-state index contributed by atoms with van der Waals surface area (Å²) in [5.41, 5.74) is -0.288. The number of benzene rings is 3. The predicted octanol–water partition coefficient (Wildman–Crippen LogP) is 6.73. The van der Waals surface area contributed by atoms with Gasteiger partial charge in [-0.15, -0.1) is 0 Å². The number of alkyl halides is 3. The molecule has 0 saturated heterocycles. The molecule has 32 heavy (non-hydrogen) atoms. The Labute approximate surface area is 183 Å². The van der Waals surface area contributed by atoms with E-state index in [0.29, 0.717) is 21.8 Å². The second-order valence-corrected chi connectivity index (χ2v) is 7.37. The molecule has 3 aromatic carbocycles. The van der Waals surface area contributed by atoms with E-state index in [9.17, 15) is 17.6 Å². The first-order chi connectivity index (χ1) is 15.3. The topological polar surface area (TPSA) is 66.5 Å². The van der Waals surface area contributed by atoms with E-state index in [4.69, 9.17) is 11.6 Å². The maximum atomic E-state index is 13.8. The predicted molar refractivity (Wildman–Crippen MR) is 114 cm³/mol. The summed E-state index contributed by atoms with van der Waals surface area (Å²) in [6.07, 6.45) is -4.65. The van der Waals surface area contributed by atoms with Crippen molar-refractivity contribution in [3.63, 3.8) is 0 Å². The summed E-state index contributed by atoms with van der Waals surface area (Å²) < 4.78 is 54.8. The second kappa shape index (κ2) is 7.45. The molecule has 2 N–H and O–H groups in total. The van der Waals surface area contributed by atoms with E-state index in [1.807, 2.05) is 0 Å². The first-order valence-corrected chi connectivity index (χ1v) is 9.72. The third-order valence-electron chi connectivity index (χ3n) is 4.91. The Morgan fingerprint density at radius 1 is 0.875 bits per heavy atom. The number of nitrogens with one attached hydrogen (secondary N) is 2. The summed E-state index contributed by atoms with van der Waals surface area (Å²) in [5.74, 6) is -0.183. The van der Waals surface area contributed by atoms with Crippen molar-refractivity contribution >= 4 is 45.0 Å². The van der Waals surface area contributed by atoms with Crippen LogP contribution in [0.5, 0.6) is 0 Å². The molecule has 0 radical (unpaired) electrons. The average molecular weight is 458 g/mol. The standard InChI is InChI=1S/C22H12ClF4N5/c23-15-6-3-5-14(22(25,26)27)18(15)21-28-16-7-2-1-4-12(16)19(30-21)29-20-13-10-11(24)8-9-17(13)31-32-20/h1-10H,(H2,28,29,30,31,32). The Balaban J connectivity index is 1.73. The number of rotatable bonds is 3. The molecular weight excluding hydrogens is 446 g/mol. The quantitative estimate of drug-likeness (QED) is 0.295. The third kappa shape index (κ3) is 3.50. The molecule has 0 aliphatic heterocycles. The molecular formula is C22H12ClF4N5. The van der Waals surface area contributed by atoms with E-state index in [1.165, 1.54) is 30.3 Å². The number of hydrogen-bond acceptors (Lipinski definition) is 4. The van der Waals surface area contributed by atoms with E-state index in [1.54, 1.807) is 24.3 Å². The third-order valence-corrected chi connectivity index (χ3v) is 5.22. The van der Waals surface area contributed by atoms with Gasteiger partial charge in [0.25, 0.3) is 0 Å². The van der Waals surface area contributed by atoms with Crippen LogP contribution < -0.4 is 5.32 Å². The van der Waals surface area contributed by atoms with Crippen LogP contribution in [0.4, 0.5) is 29.2 Å². The maximum absolute atomic E-state index is 13.8. The zero-order valence-electron chi connectivity index (χ0n) is 16.0. The molecule has 0 atom stereocenters. The molecule has 160 valence electrons. The van der Waals surface area contributed by atoms with Crippen LogP contribution in [0, 0.1) is 5.82 Å². The molecule has 5 nitrogen and oxygen atoms in total. The molecule has 5 aromatic rings. The molecule has 0 aliphatic rings. The molecule has 5 rings (SSSR count). The van der Waals surface area contributed by atoms with Gasteiger partial charge in [0, 0.05) is 10.8 Å². The highest BCUT2D eigenvalue weighted by molar-refractivity contribution is 6.33. The van der Waals surface area contributed by atoms with Crippen LogP contribution in [0.25, 0.3) is 33.2 Å².